The maximum atomic E-state index is 12.1. The lowest BCUT2D eigenvalue weighted by Gasteiger charge is -2.40. The second-order valence-corrected chi connectivity index (χ2v) is 6.61. The second-order valence-electron chi connectivity index (χ2n) is 6.61. The van der Waals surface area contributed by atoms with Crippen molar-refractivity contribution in [3.63, 3.8) is 0 Å². The summed E-state index contributed by atoms with van der Waals surface area (Å²) in [6.45, 7) is 4.63. The third-order valence-electron chi connectivity index (χ3n) is 5.30. The van der Waals surface area contributed by atoms with E-state index in [1.165, 1.54) is 31.2 Å². The van der Waals surface area contributed by atoms with Gasteiger partial charge in [0.25, 0.3) is 0 Å². The van der Waals surface area contributed by atoms with Crippen LogP contribution in [-0.2, 0) is 9.53 Å². The largest absolute Gasteiger partial charge is 0.465 e. The highest BCUT2D eigenvalue weighted by atomic mass is 16.5. The van der Waals surface area contributed by atoms with E-state index in [4.69, 9.17) is 4.74 Å². The summed E-state index contributed by atoms with van der Waals surface area (Å²) in [5, 5.41) is 0. The van der Waals surface area contributed by atoms with Gasteiger partial charge in [-0.15, -0.1) is 0 Å². The lowest BCUT2D eigenvalue weighted by Crippen LogP contribution is -2.36. The van der Waals surface area contributed by atoms with Gasteiger partial charge in [-0.2, -0.15) is 0 Å². The lowest BCUT2D eigenvalue weighted by atomic mass is 9.67. The average Bonchev–Trinajstić information content (AvgIpc) is 2.80. The van der Waals surface area contributed by atoms with Crippen molar-refractivity contribution in [1.29, 1.82) is 0 Å². The van der Waals surface area contributed by atoms with Crippen LogP contribution in [0, 0.1) is 24.7 Å². The molecule has 1 aromatic rings. The molecule has 0 amide bonds. The van der Waals surface area contributed by atoms with Crippen molar-refractivity contribution in [2.24, 2.45) is 17.8 Å². The molecule has 2 fully saturated rings. The quantitative estimate of drug-likeness (QED) is 0.772. The molecule has 0 aromatic heterocycles. The number of carbonyl (C=O) groups excluding carboxylic acids is 1. The van der Waals surface area contributed by atoms with E-state index in [-0.39, 0.29) is 11.9 Å². The molecule has 4 atom stereocenters. The number of carbonyl (C=O) groups is 1. The molecule has 0 heterocycles. The molecule has 0 radical (unpaired) electrons. The minimum atomic E-state index is -0.157. The highest BCUT2D eigenvalue weighted by Crippen LogP contribution is 2.51. The highest BCUT2D eigenvalue weighted by molar-refractivity contribution is 5.77. The van der Waals surface area contributed by atoms with Crippen molar-refractivity contribution >= 4 is 5.97 Å². The van der Waals surface area contributed by atoms with Gasteiger partial charge >= 0.3 is 5.97 Å². The fourth-order valence-electron chi connectivity index (χ4n) is 3.84. The van der Waals surface area contributed by atoms with E-state index in [0.29, 0.717) is 12.5 Å². The molecule has 2 aliphatic carbocycles. The molecule has 4 unspecified atom stereocenters. The summed E-state index contributed by atoms with van der Waals surface area (Å²) in [6, 6.07) is 8.15. The zero-order valence-corrected chi connectivity index (χ0v) is 12.5. The standard InChI is InChI=1S/C18H24O2/c1-12-6-8-14(9-7-12)13(2)18(19)20-11-16-10-15-4-3-5-17(15)16/h6-9,13,15-17H,3-5,10-11H2,1-2H3. The molecule has 0 saturated heterocycles. The Hall–Kier alpha value is -1.31. The molecular weight excluding hydrogens is 248 g/mol. The number of ether oxygens (including phenoxy) is 1. The molecule has 0 bridgehead atoms. The Kier molecular flexibility index (Phi) is 3.82. The molecule has 0 N–H and O–H groups in total. The Labute approximate surface area is 121 Å². The van der Waals surface area contributed by atoms with Crippen LogP contribution in [0.2, 0.25) is 0 Å². The fraction of sp³-hybridized carbons (Fsp3) is 0.611. The third-order valence-corrected chi connectivity index (χ3v) is 5.30. The van der Waals surface area contributed by atoms with Gasteiger partial charge in [-0.3, -0.25) is 4.79 Å². The van der Waals surface area contributed by atoms with E-state index in [0.717, 1.165) is 17.4 Å². The molecule has 0 spiro atoms. The molecule has 108 valence electrons. The number of hydrogen-bond acceptors (Lipinski definition) is 2. The van der Waals surface area contributed by atoms with Gasteiger partial charge < -0.3 is 4.74 Å². The van der Waals surface area contributed by atoms with E-state index in [2.05, 4.69) is 6.92 Å². The molecule has 2 aliphatic rings. The van der Waals surface area contributed by atoms with Crippen LogP contribution in [0.4, 0.5) is 0 Å². The molecule has 1 aromatic carbocycles. The van der Waals surface area contributed by atoms with Crippen LogP contribution in [0.1, 0.15) is 49.7 Å². The van der Waals surface area contributed by atoms with Gasteiger partial charge in [0.15, 0.2) is 0 Å². The first-order chi connectivity index (χ1) is 9.65. The SMILES string of the molecule is Cc1ccc(C(C)C(=O)OCC2CC3CCCC32)cc1. The average molecular weight is 272 g/mol. The summed E-state index contributed by atoms with van der Waals surface area (Å²) < 4.78 is 5.56. The Bertz CT molecular complexity index is 477. The van der Waals surface area contributed by atoms with Crippen LogP contribution in [0.15, 0.2) is 24.3 Å². The van der Waals surface area contributed by atoms with Gasteiger partial charge in [0.1, 0.15) is 0 Å². The van der Waals surface area contributed by atoms with Crippen molar-refractivity contribution in [3.8, 4) is 0 Å². The first-order valence-electron chi connectivity index (χ1n) is 7.88. The summed E-state index contributed by atoms with van der Waals surface area (Å²) in [5.41, 5.74) is 2.27. The molecule has 3 rings (SSSR count). The van der Waals surface area contributed by atoms with Gasteiger partial charge in [0.05, 0.1) is 12.5 Å². The van der Waals surface area contributed by atoms with Gasteiger partial charge in [-0.25, -0.2) is 0 Å². The summed E-state index contributed by atoms with van der Waals surface area (Å²) >= 11 is 0. The minimum Gasteiger partial charge on any atom is -0.465 e. The first-order valence-corrected chi connectivity index (χ1v) is 7.88. The lowest BCUT2D eigenvalue weighted by molar-refractivity contribution is -0.149. The van der Waals surface area contributed by atoms with Crippen LogP contribution < -0.4 is 0 Å². The molecule has 0 aliphatic heterocycles. The second kappa shape index (κ2) is 5.59. The zero-order valence-electron chi connectivity index (χ0n) is 12.5. The van der Waals surface area contributed by atoms with Crippen molar-refractivity contribution in [2.75, 3.05) is 6.61 Å². The first kappa shape index (κ1) is 13.7. The van der Waals surface area contributed by atoms with Gasteiger partial charge in [-0.05, 0) is 50.0 Å². The maximum Gasteiger partial charge on any atom is 0.313 e. The van der Waals surface area contributed by atoms with E-state index in [1.54, 1.807) is 0 Å². The van der Waals surface area contributed by atoms with Crippen molar-refractivity contribution < 1.29 is 9.53 Å². The monoisotopic (exact) mass is 272 g/mol. The van der Waals surface area contributed by atoms with Crippen LogP contribution in [0.25, 0.3) is 0 Å². The Morgan fingerprint density at radius 3 is 2.75 bits per heavy atom. The number of aryl methyl sites for hydroxylation is 1. The van der Waals surface area contributed by atoms with Crippen molar-refractivity contribution in [3.05, 3.63) is 35.4 Å². The normalized spacial score (nSPS) is 29.4. The van der Waals surface area contributed by atoms with Gasteiger partial charge in [0, 0.05) is 0 Å². The van der Waals surface area contributed by atoms with Gasteiger partial charge in [0.2, 0.25) is 0 Å². The number of benzene rings is 1. The predicted molar refractivity (Wildman–Crippen MR) is 79.5 cm³/mol. The van der Waals surface area contributed by atoms with Crippen LogP contribution >= 0.6 is 0 Å². The predicted octanol–water partition coefficient (Wildman–Crippen LogP) is 4.08. The summed E-state index contributed by atoms with van der Waals surface area (Å²) in [5.74, 6) is 2.19. The maximum absolute atomic E-state index is 12.1. The molecule has 20 heavy (non-hydrogen) atoms. The van der Waals surface area contributed by atoms with E-state index < -0.39 is 0 Å². The number of hydrogen-bond donors (Lipinski definition) is 0. The number of fused-ring (bicyclic) bond motifs is 1. The van der Waals surface area contributed by atoms with Crippen LogP contribution in [0.5, 0.6) is 0 Å². The minimum absolute atomic E-state index is 0.0738. The van der Waals surface area contributed by atoms with Crippen LogP contribution in [-0.4, -0.2) is 12.6 Å². The number of esters is 1. The molecule has 2 saturated carbocycles. The third kappa shape index (κ3) is 2.61. The Morgan fingerprint density at radius 1 is 1.30 bits per heavy atom. The topological polar surface area (TPSA) is 26.3 Å². The summed E-state index contributed by atoms with van der Waals surface area (Å²) in [4.78, 5) is 12.1. The van der Waals surface area contributed by atoms with Crippen LogP contribution in [0.3, 0.4) is 0 Å². The highest BCUT2D eigenvalue weighted by Gasteiger charge is 2.44. The van der Waals surface area contributed by atoms with E-state index in [1.807, 2.05) is 31.2 Å². The fourth-order valence-corrected chi connectivity index (χ4v) is 3.84. The van der Waals surface area contributed by atoms with Crippen molar-refractivity contribution in [1.82, 2.24) is 0 Å². The molecular formula is C18H24O2. The Morgan fingerprint density at radius 2 is 2.05 bits per heavy atom. The summed E-state index contributed by atoms with van der Waals surface area (Å²) in [6.07, 6.45) is 5.39. The molecule has 2 nitrogen and oxygen atoms in total. The molecule has 2 heteroatoms. The zero-order chi connectivity index (χ0) is 14.1. The Balaban J connectivity index is 1.50. The summed E-state index contributed by atoms with van der Waals surface area (Å²) in [7, 11) is 0. The van der Waals surface area contributed by atoms with E-state index >= 15 is 0 Å². The number of rotatable bonds is 4. The smallest absolute Gasteiger partial charge is 0.313 e. The van der Waals surface area contributed by atoms with Crippen molar-refractivity contribution in [2.45, 2.75) is 45.4 Å². The van der Waals surface area contributed by atoms with Gasteiger partial charge in [-0.1, -0.05) is 42.7 Å². The van der Waals surface area contributed by atoms with E-state index in [9.17, 15) is 4.79 Å².